The summed E-state index contributed by atoms with van der Waals surface area (Å²) in [6, 6.07) is 4.29. The summed E-state index contributed by atoms with van der Waals surface area (Å²) in [5.74, 6) is -1.19. The number of anilines is 1. The van der Waals surface area contributed by atoms with Crippen LogP contribution in [0.5, 0.6) is 0 Å². The minimum Gasteiger partial charge on any atom is -0.374 e. The number of benzene rings is 1. The Bertz CT molecular complexity index is 395. The zero-order chi connectivity index (χ0) is 12.4. The molecule has 17 heavy (non-hydrogen) atoms. The van der Waals surface area contributed by atoms with Gasteiger partial charge >= 0.3 is 0 Å². The van der Waals surface area contributed by atoms with Crippen LogP contribution in [0.4, 0.5) is 14.5 Å². The van der Waals surface area contributed by atoms with E-state index >= 15 is 0 Å². The minimum absolute atomic E-state index is 0.0754. The van der Waals surface area contributed by atoms with Crippen LogP contribution < -0.4 is 4.90 Å². The Morgan fingerprint density at radius 2 is 2.12 bits per heavy atom. The monoisotopic (exact) mass is 241 g/mol. The van der Waals surface area contributed by atoms with Crippen molar-refractivity contribution in [3.8, 4) is 0 Å². The third-order valence-corrected chi connectivity index (χ3v) is 3.11. The maximum Gasteiger partial charge on any atom is 0.182 e. The second-order valence-corrected chi connectivity index (χ2v) is 4.67. The molecule has 2 rings (SSSR count). The normalized spacial score (nSPS) is 21.0. The number of rotatable bonds is 2. The lowest BCUT2D eigenvalue weighted by atomic mass is 10.1. The summed E-state index contributed by atoms with van der Waals surface area (Å²) in [6.07, 6.45) is 0.0754. The van der Waals surface area contributed by atoms with Gasteiger partial charge in [0.25, 0.3) is 0 Å². The number of hydrogen-bond acceptors (Lipinski definition) is 2. The fourth-order valence-electron chi connectivity index (χ4n) is 2.03. The highest BCUT2D eigenvalue weighted by atomic mass is 19.2. The molecule has 0 saturated carbocycles. The van der Waals surface area contributed by atoms with Gasteiger partial charge in [-0.3, -0.25) is 0 Å². The fourth-order valence-corrected chi connectivity index (χ4v) is 2.03. The molecule has 0 N–H and O–H groups in total. The molecule has 0 aliphatic carbocycles. The molecule has 0 spiro atoms. The van der Waals surface area contributed by atoms with Gasteiger partial charge in [0.2, 0.25) is 0 Å². The molecule has 2 nitrogen and oxygen atoms in total. The molecule has 1 aromatic rings. The summed E-state index contributed by atoms with van der Waals surface area (Å²) < 4.78 is 32.4. The van der Waals surface area contributed by atoms with Crippen molar-refractivity contribution in [2.45, 2.75) is 20.0 Å². The van der Waals surface area contributed by atoms with Gasteiger partial charge in [0.1, 0.15) is 0 Å². The van der Waals surface area contributed by atoms with E-state index in [1.807, 2.05) is 4.90 Å². The van der Waals surface area contributed by atoms with Gasteiger partial charge in [-0.15, -0.1) is 0 Å². The molecule has 1 aromatic carbocycles. The number of nitrogens with zero attached hydrogens (tertiary/aromatic N) is 1. The molecular weight excluding hydrogens is 224 g/mol. The summed E-state index contributed by atoms with van der Waals surface area (Å²) in [5, 5.41) is 0. The van der Waals surface area contributed by atoms with E-state index in [1.165, 1.54) is 6.07 Å². The van der Waals surface area contributed by atoms with Gasteiger partial charge in [0, 0.05) is 13.1 Å². The highest BCUT2D eigenvalue weighted by Crippen LogP contribution is 2.24. The second-order valence-electron chi connectivity index (χ2n) is 4.67. The van der Waals surface area contributed by atoms with Gasteiger partial charge in [-0.1, -0.05) is 19.9 Å². The molecule has 0 amide bonds. The molecular formula is C13H17F2NO. The van der Waals surface area contributed by atoms with Crippen LogP contribution in [-0.4, -0.2) is 25.8 Å². The Hall–Kier alpha value is -1.16. The molecule has 0 unspecified atom stereocenters. The van der Waals surface area contributed by atoms with Gasteiger partial charge in [-0.25, -0.2) is 8.78 Å². The summed E-state index contributed by atoms with van der Waals surface area (Å²) in [4.78, 5) is 1.85. The van der Waals surface area contributed by atoms with Crippen molar-refractivity contribution in [1.82, 2.24) is 0 Å². The van der Waals surface area contributed by atoms with Crippen molar-refractivity contribution in [2.75, 3.05) is 24.6 Å². The van der Waals surface area contributed by atoms with E-state index in [9.17, 15) is 8.78 Å². The smallest absolute Gasteiger partial charge is 0.182 e. The van der Waals surface area contributed by atoms with Gasteiger partial charge in [0.15, 0.2) is 11.6 Å². The van der Waals surface area contributed by atoms with Crippen molar-refractivity contribution in [2.24, 2.45) is 5.92 Å². The Balaban J connectivity index is 2.19. The van der Waals surface area contributed by atoms with Crippen molar-refractivity contribution in [3.63, 3.8) is 0 Å². The molecule has 94 valence electrons. The first kappa shape index (κ1) is 12.3. The van der Waals surface area contributed by atoms with Crippen molar-refractivity contribution < 1.29 is 13.5 Å². The van der Waals surface area contributed by atoms with Crippen molar-refractivity contribution in [3.05, 3.63) is 29.8 Å². The number of morpholine rings is 1. The summed E-state index contributed by atoms with van der Waals surface area (Å²) in [7, 11) is 0. The van der Waals surface area contributed by atoms with Crippen LogP contribution in [-0.2, 0) is 4.74 Å². The van der Waals surface area contributed by atoms with E-state index in [1.54, 1.807) is 6.07 Å². The first-order valence-corrected chi connectivity index (χ1v) is 5.90. The number of hydrogen-bond donors (Lipinski definition) is 0. The number of ether oxygens (including phenoxy) is 1. The molecule has 1 saturated heterocycles. The van der Waals surface area contributed by atoms with Crippen LogP contribution in [0, 0.1) is 17.6 Å². The molecule has 1 aliphatic rings. The maximum atomic E-state index is 13.7. The average molecular weight is 241 g/mol. The van der Waals surface area contributed by atoms with Crippen LogP contribution in [0.25, 0.3) is 0 Å². The summed E-state index contributed by atoms with van der Waals surface area (Å²) >= 11 is 0. The van der Waals surface area contributed by atoms with Gasteiger partial charge in [-0.05, 0) is 18.1 Å². The van der Waals surface area contributed by atoms with Gasteiger partial charge in [-0.2, -0.15) is 0 Å². The lowest BCUT2D eigenvalue weighted by Crippen LogP contribution is -2.45. The molecule has 1 heterocycles. The largest absolute Gasteiger partial charge is 0.374 e. The highest BCUT2D eigenvalue weighted by Gasteiger charge is 2.25. The first-order valence-electron chi connectivity index (χ1n) is 5.90. The molecule has 0 bridgehead atoms. The van der Waals surface area contributed by atoms with Crippen LogP contribution in [0.2, 0.25) is 0 Å². The molecule has 1 aliphatic heterocycles. The van der Waals surface area contributed by atoms with Gasteiger partial charge < -0.3 is 9.64 Å². The van der Waals surface area contributed by atoms with E-state index < -0.39 is 11.6 Å². The van der Waals surface area contributed by atoms with Crippen molar-refractivity contribution in [1.29, 1.82) is 0 Å². The Kier molecular flexibility index (Phi) is 3.62. The maximum absolute atomic E-state index is 13.7. The Morgan fingerprint density at radius 3 is 2.82 bits per heavy atom. The highest BCUT2D eigenvalue weighted by molar-refractivity contribution is 5.48. The van der Waals surface area contributed by atoms with E-state index in [4.69, 9.17) is 4.74 Å². The third-order valence-electron chi connectivity index (χ3n) is 3.11. The van der Waals surface area contributed by atoms with Crippen LogP contribution in [0.15, 0.2) is 18.2 Å². The van der Waals surface area contributed by atoms with Crippen LogP contribution >= 0.6 is 0 Å². The zero-order valence-electron chi connectivity index (χ0n) is 10.1. The third kappa shape index (κ3) is 2.57. The summed E-state index contributed by atoms with van der Waals surface area (Å²) in [6.45, 7) is 5.90. The van der Waals surface area contributed by atoms with Crippen LogP contribution in [0.3, 0.4) is 0 Å². The lowest BCUT2D eigenvalue weighted by molar-refractivity contribution is 0.0112. The minimum atomic E-state index is -0.796. The molecule has 0 radical (unpaired) electrons. The van der Waals surface area contributed by atoms with E-state index in [0.29, 0.717) is 31.3 Å². The standard InChI is InChI=1S/C13H17F2NO/c1-9(2)12-8-16(6-7-17-12)11-5-3-4-10(14)13(11)15/h3-5,9,12H,6-8H2,1-2H3/t12-/m0/s1. The molecule has 1 atom stereocenters. The molecule has 0 aromatic heterocycles. The van der Waals surface area contributed by atoms with Gasteiger partial charge in [0.05, 0.1) is 18.4 Å². The van der Waals surface area contributed by atoms with E-state index in [-0.39, 0.29) is 6.10 Å². The Morgan fingerprint density at radius 1 is 1.35 bits per heavy atom. The average Bonchev–Trinajstić information content (AvgIpc) is 2.33. The quantitative estimate of drug-likeness (QED) is 0.789. The predicted molar refractivity (Wildman–Crippen MR) is 63.1 cm³/mol. The second kappa shape index (κ2) is 5.00. The zero-order valence-corrected chi connectivity index (χ0v) is 10.1. The first-order chi connectivity index (χ1) is 8.09. The summed E-state index contributed by atoms with van der Waals surface area (Å²) in [5.41, 5.74) is 0.332. The van der Waals surface area contributed by atoms with Crippen molar-refractivity contribution >= 4 is 5.69 Å². The van der Waals surface area contributed by atoms with Crippen LogP contribution in [0.1, 0.15) is 13.8 Å². The predicted octanol–water partition coefficient (Wildman–Crippen LogP) is 2.83. The lowest BCUT2D eigenvalue weighted by Gasteiger charge is -2.36. The Labute approximate surface area is 100 Å². The topological polar surface area (TPSA) is 12.5 Å². The molecule has 4 heteroatoms. The van der Waals surface area contributed by atoms with E-state index in [0.717, 1.165) is 6.07 Å². The molecule has 1 fully saturated rings. The fraction of sp³-hybridized carbons (Fsp3) is 0.538. The number of halogens is 2. The SMILES string of the molecule is CC(C)[C@@H]1CN(c2cccc(F)c2F)CCO1. The van der Waals surface area contributed by atoms with E-state index in [2.05, 4.69) is 13.8 Å².